The van der Waals surface area contributed by atoms with E-state index < -0.39 is 16.8 Å². The molecule has 0 aliphatic heterocycles. The molecule has 0 fully saturated rings. The topological polar surface area (TPSA) is 57.6 Å². The molecule has 0 amide bonds. The zero-order valence-electron chi connectivity index (χ0n) is 6.24. The molecule has 0 radical (unpaired) electrons. The average molecular weight is 167 g/mol. The highest BCUT2D eigenvalue weighted by Gasteiger charge is 2.12. The molecular formula is C5H13NO3S. The van der Waals surface area contributed by atoms with Gasteiger partial charge in [0.1, 0.15) is 6.73 Å². The highest BCUT2D eigenvalue weighted by molar-refractivity contribution is 7.88. The molecule has 0 aliphatic rings. The first kappa shape index (κ1) is 9.87. The zero-order valence-corrected chi connectivity index (χ0v) is 7.06. The number of aliphatic hydroxyl groups is 1. The fourth-order valence-electron chi connectivity index (χ4n) is 0.591. The van der Waals surface area contributed by atoms with Gasteiger partial charge in [-0.25, -0.2) is 8.42 Å². The van der Waals surface area contributed by atoms with Crippen molar-refractivity contribution < 1.29 is 13.5 Å². The summed E-state index contributed by atoms with van der Waals surface area (Å²) in [4.78, 5) is 0. The van der Waals surface area contributed by atoms with Gasteiger partial charge in [-0.2, -0.15) is 4.31 Å². The lowest BCUT2D eigenvalue weighted by atomic mass is 10.5. The number of hydrogen-bond donors (Lipinski definition) is 1. The van der Waals surface area contributed by atoms with Crippen LogP contribution < -0.4 is 0 Å². The first-order chi connectivity index (χ1) is 4.52. The highest BCUT2D eigenvalue weighted by Crippen LogP contribution is 1.96. The largest absolute Gasteiger partial charge is 0.380 e. The van der Waals surface area contributed by atoms with Gasteiger partial charge >= 0.3 is 0 Å². The van der Waals surface area contributed by atoms with E-state index in [1.165, 1.54) is 0 Å². The van der Waals surface area contributed by atoms with E-state index in [-0.39, 0.29) is 0 Å². The van der Waals surface area contributed by atoms with Gasteiger partial charge in [0.2, 0.25) is 10.0 Å². The minimum absolute atomic E-state index is 0.384. The van der Waals surface area contributed by atoms with Crippen LogP contribution in [0.5, 0.6) is 0 Å². The fraction of sp³-hybridized carbons (Fsp3) is 1.00. The van der Waals surface area contributed by atoms with Gasteiger partial charge in [0, 0.05) is 6.54 Å². The van der Waals surface area contributed by atoms with Crippen LogP contribution in [0.1, 0.15) is 13.3 Å². The molecule has 0 spiro atoms. The lowest BCUT2D eigenvalue weighted by Crippen LogP contribution is -2.31. The van der Waals surface area contributed by atoms with Crippen molar-refractivity contribution >= 4 is 10.0 Å². The van der Waals surface area contributed by atoms with Crippen molar-refractivity contribution in [2.24, 2.45) is 0 Å². The summed E-state index contributed by atoms with van der Waals surface area (Å²) in [5.74, 6) is 0. The molecule has 10 heavy (non-hydrogen) atoms. The quantitative estimate of drug-likeness (QED) is 0.580. The lowest BCUT2D eigenvalue weighted by Gasteiger charge is -2.14. The van der Waals surface area contributed by atoms with Crippen LogP contribution in [0.15, 0.2) is 0 Å². The average Bonchev–Trinajstić information content (AvgIpc) is 1.80. The normalized spacial score (nSPS) is 12.4. The second kappa shape index (κ2) is 3.90. The Labute approximate surface area is 61.5 Å². The number of nitrogens with zero attached hydrogens (tertiary/aromatic N) is 1. The van der Waals surface area contributed by atoms with Crippen LogP contribution in [0.25, 0.3) is 0 Å². The van der Waals surface area contributed by atoms with Crippen LogP contribution in [-0.2, 0) is 10.0 Å². The molecule has 0 aromatic heterocycles. The number of sulfonamides is 1. The molecule has 0 atom stereocenters. The van der Waals surface area contributed by atoms with Crippen molar-refractivity contribution in [3.05, 3.63) is 0 Å². The minimum Gasteiger partial charge on any atom is -0.380 e. The Balaban J connectivity index is 4.08. The molecule has 5 heteroatoms. The van der Waals surface area contributed by atoms with Crippen LogP contribution in [0, 0.1) is 0 Å². The van der Waals surface area contributed by atoms with Crippen molar-refractivity contribution in [1.29, 1.82) is 0 Å². The van der Waals surface area contributed by atoms with Gasteiger partial charge in [0.25, 0.3) is 0 Å². The maximum absolute atomic E-state index is 10.7. The van der Waals surface area contributed by atoms with Gasteiger partial charge in [-0.1, -0.05) is 6.92 Å². The van der Waals surface area contributed by atoms with Crippen molar-refractivity contribution in [2.45, 2.75) is 13.3 Å². The summed E-state index contributed by atoms with van der Waals surface area (Å²) in [5, 5.41) is 8.54. The molecular weight excluding hydrogens is 154 g/mol. The predicted molar refractivity (Wildman–Crippen MR) is 38.9 cm³/mol. The van der Waals surface area contributed by atoms with E-state index in [1.54, 1.807) is 0 Å². The Morgan fingerprint density at radius 2 is 2.00 bits per heavy atom. The monoisotopic (exact) mass is 167 g/mol. The lowest BCUT2D eigenvalue weighted by molar-refractivity contribution is 0.180. The van der Waals surface area contributed by atoms with Gasteiger partial charge in [0.05, 0.1) is 6.26 Å². The fourth-order valence-corrected chi connectivity index (χ4v) is 1.31. The van der Waals surface area contributed by atoms with Crippen LogP contribution in [0.2, 0.25) is 0 Å². The highest BCUT2D eigenvalue weighted by atomic mass is 32.2. The number of aliphatic hydroxyl groups excluding tert-OH is 1. The van der Waals surface area contributed by atoms with Gasteiger partial charge in [-0.15, -0.1) is 0 Å². The molecule has 0 aromatic rings. The van der Waals surface area contributed by atoms with Crippen LogP contribution in [-0.4, -0.2) is 37.4 Å². The summed E-state index contributed by atoms with van der Waals surface area (Å²) in [5.41, 5.74) is 0. The molecule has 0 saturated carbocycles. The number of rotatable bonds is 4. The van der Waals surface area contributed by atoms with E-state index in [9.17, 15) is 8.42 Å². The molecule has 0 rings (SSSR count). The maximum Gasteiger partial charge on any atom is 0.213 e. The smallest absolute Gasteiger partial charge is 0.213 e. The molecule has 0 aromatic carbocycles. The molecule has 1 N–H and O–H groups in total. The van der Waals surface area contributed by atoms with E-state index in [4.69, 9.17) is 5.11 Å². The van der Waals surface area contributed by atoms with Crippen molar-refractivity contribution in [1.82, 2.24) is 4.31 Å². The number of hydrogen-bond acceptors (Lipinski definition) is 3. The van der Waals surface area contributed by atoms with Crippen LogP contribution in [0.4, 0.5) is 0 Å². The summed E-state index contributed by atoms with van der Waals surface area (Å²) >= 11 is 0. The Bertz CT molecular complexity index is 175. The first-order valence-electron chi connectivity index (χ1n) is 3.08. The zero-order chi connectivity index (χ0) is 8.20. The maximum atomic E-state index is 10.7. The molecule has 62 valence electrons. The van der Waals surface area contributed by atoms with Crippen molar-refractivity contribution in [3.63, 3.8) is 0 Å². The van der Waals surface area contributed by atoms with Gasteiger partial charge in [-0.05, 0) is 6.42 Å². The van der Waals surface area contributed by atoms with Crippen LogP contribution >= 0.6 is 0 Å². The summed E-state index contributed by atoms with van der Waals surface area (Å²) in [6.45, 7) is 1.82. The van der Waals surface area contributed by atoms with Gasteiger partial charge in [-0.3, -0.25) is 0 Å². The van der Waals surface area contributed by atoms with Crippen molar-refractivity contribution in [2.75, 3.05) is 19.5 Å². The molecule has 0 saturated heterocycles. The third-order valence-corrected chi connectivity index (χ3v) is 2.34. The molecule has 0 unspecified atom stereocenters. The van der Waals surface area contributed by atoms with E-state index >= 15 is 0 Å². The van der Waals surface area contributed by atoms with E-state index in [1.807, 2.05) is 6.92 Å². The van der Waals surface area contributed by atoms with E-state index in [0.717, 1.165) is 10.6 Å². The Kier molecular flexibility index (Phi) is 3.85. The second-order valence-electron chi connectivity index (χ2n) is 2.08. The van der Waals surface area contributed by atoms with Crippen LogP contribution in [0.3, 0.4) is 0 Å². The summed E-state index contributed by atoms with van der Waals surface area (Å²) in [6.07, 6.45) is 1.80. The summed E-state index contributed by atoms with van der Waals surface area (Å²) in [7, 11) is -3.19. The van der Waals surface area contributed by atoms with Gasteiger partial charge < -0.3 is 5.11 Å². The third kappa shape index (κ3) is 3.14. The second-order valence-corrected chi connectivity index (χ2v) is 4.06. The molecule has 0 heterocycles. The Morgan fingerprint density at radius 3 is 2.10 bits per heavy atom. The van der Waals surface area contributed by atoms with Gasteiger partial charge in [0.15, 0.2) is 0 Å². The Hall–Kier alpha value is -0.130. The SMILES string of the molecule is CCCN(CO)S(C)(=O)=O. The minimum atomic E-state index is -3.19. The standard InChI is InChI=1S/C5H13NO3S/c1-3-4-6(5-7)10(2,8)9/h7H,3-5H2,1-2H3. The van der Waals surface area contributed by atoms with Crippen molar-refractivity contribution in [3.8, 4) is 0 Å². The van der Waals surface area contributed by atoms with E-state index in [0.29, 0.717) is 13.0 Å². The molecule has 0 aliphatic carbocycles. The first-order valence-corrected chi connectivity index (χ1v) is 4.93. The Morgan fingerprint density at radius 1 is 1.50 bits per heavy atom. The summed E-state index contributed by atoms with van der Waals surface area (Å²) < 4.78 is 22.5. The molecule has 0 bridgehead atoms. The molecule has 4 nitrogen and oxygen atoms in total. The van der Waals surface area contributed by atoms with E-state index in [2.05, 4.69) is 0 Å². The predicted octanol–water partition coefficient (Wildman–Crippen LogP) is -0.392. The third-order valence-electron chi connectivity index (χ3n) is 1.10. The summed E-state index contributed by atoms with van der Waals surface area (Å²) in [6, 6.07) is 0.